The summed E-state index contributed by atoms with van der Waals surface area (Å²) in [6.07, 6.45) is -2.74. The van der Waals surface area contributed by atoms with E-state index in [2.05, 4.69) is 10.4 Å². The number of halogens is 4. The van der Waals surface area contributed by atoms with E-state index in [1.54, 1.807) is 17.7 Å². The molecule has 1 amide bonds. The van der Waals surface area contributed by atoms with Crippen molar-refractivity contribution in [2.24, 2.45) is 5.73 Å². The van der Waals surface area contributed by atoms with Crippen molar-refractivity contribution in [3.8, 4) is 0 Å². The van der Waals surface area contributed by atoms with Gasteiger partial charge in [-0.05, 0) is 32.9 Å². The third-order valence-corrected chi connectivity index (χ3v) is 4.97. The number of benzene rings is 1. The first-order valence-corrected chi connectivity index (χ1v) is 9.45. The SMILES string of the molecule is CC(C)n1ccc(NC2=C(N)CN(C(=O)c3cccc(C(F)(F)F)c3F)[C@@H](C)C2)n1.N. The van der Waals surface area contributed by atoms with Crippen LogP contribution in [-0.4, -0.2) is 33.2 Å². The fourth-order valence-corrected chi connectivity index (χ4v) is 3.29. The molecule has 11 heteroatoms. The molecule has 7 nitrogen and oxygen atoms in total. The van der Waals surface area contributed by atoms with Crippen molar-refractivity contribution >= 4 is 11.7 Å². The van der Waals surface area contributed by atoms with Gasteiger partial charge in [0.1, 0.15) is 5.82 Å². The normalized spacial score (nSPS) is 17.0. The van der Waals surface area contributed by atoms with E-state index in [-0.39, 0.29) is 18.7 Å². The number of carbonyl (C=O) groups is 1. The van der Waals surface area contributed by atoms with Gasteiger partial charge in [0.15, 0.2) is 5.82 Å². The van der Waals surface area contributed by atoms with Gasteiger partial charge in [0, 0.05) is 42.2 Å². The molecule has 1 aliphatic rings. The van der Waals surface area contributed by atoms with Crippen molar-refractivity contribution < 1.29 is 22.4 Å². The zero-order valence-electron chi connectivity index (χ0n) is 17.5. The Morgan fingerprint density at radius 1 is 1.29 bits per heavy atom. The Bertz CT molecular complexity index is 982. The lowest BCUT2D eigenvalue weighted by Gasteiger charge is -2.35. The molecule has 0 bridgehead atoms. The standard InChI is InChI=1S/C20H23F4N5O.H3N/c1-11(2)29-8-7-17(27-29)26-16-9-12(3)28(10-15(16)25)19(30)13-5-4-6-14(18(13)21)20(22,23)24;/h4-8,11-12H,9-10,25H2,1-3H3,(H,26,27);1H3/t12-;/m0./s1. The summed E-state index contributed by atoms with van der Waals surface area (Å²) in [6, 6.07) is 4.25. The second-order valence-corrected chi connectivity index (χ2v) is 7.55. The van der Waals surface area contributed by atoms with Crippen LogP contribution in [0.1, 0.15) is 49.2 Å². The van der Waals surface area contributed by atoms with E-state index >= 15 is 0 Å². The maximum Gasteiger partial charge on any atom is 0.419 e. The van der Waals surface area contributed by atoms with Gasteiger partial charge in [0.25, 0.3) is 5.91 Å². The minimum Gasteiger partial charge on any atom is -0.399 e. The highest BCUT2D eigenvalue weighted by Gasteiger charge is 2.37. The molecule has 1 aromatic heterocycles. The first-order valence-electron chi connectivity index (χ1n) is 9.45. The lowest BCUT2D eigenvalue weighted by atomic mass is 10.0. The molecule has 0 saturated carbocycles. The Morgan fingerprint density at radius 3 is 2.55 bits per heavy atom. The predicted octanol–water partition coefficient (Wildman–Crippen LogP) is 4.30. The largest absolute Gasteiger partial charge is 0.419 e. The number of amides is 1. The number of nitrogens with zero attached hydrogens (tertiary/aromatic N) is 3. The van der Waals surface area contributed by atoms with E-state index in [4.69, 9.17) is 5.73 Å². The summed E-state index contributed by atoms with van der Waals surface area (Å²) in [5.41, 5.74) is 5.03. The van der Waals surface area contributed by atoms with Gasteiger partial charge in [0.05, 0.1) is 17.7 Å². The Balaban J connectivity index is 0.00000341. The van der Waals surface area contributed by atoms with Crippen LogP contribution in [0.25, 0.3) is 0 Å². The maximum absolute atomic E-state index is 14.4. The molecule has 6 N–H and O–H groups in total. The van der Waals surface area contributed by atoms with Gasteiger partial charge >= 0.3 is 6.18 Å². The number of hydrogen-bond acceptors (Lipinski definition) is 5. The lowest BCUT2D eigenvalue weighted by Crippen LogP contribution is -2.46. The molecule has 170 valence electrons. The maximum atomic E-state index is 14.4. The second-order valence-electron chi connectivity index (χ2n) is 7.55. The zero-order chi connectivity index (χ0) is 22.2. The van der Waals surface area contributed by atoms with Gasteiger partial charge in [-0.3, -0.25) is 9.48 Å². The quantitative estimate of drug-likeness (QED) is 0.612. The average Bonchev–Trinajstić information content (AvgIpc) is 3.12. The van der Waals surface area contributed by atoms with Gasteiger partial charge in [-0.2, -0.15) is 18.3 Å². The van der Waals surface area contributed by atoms with Crippen molar-refractivity contribution in [2.75, 3.05) is 11.9 Å². The monoisotopic (exact) mass is 442 g/mol. The van der Waals surface area contributed by atoms with E-state index in [0.717, 1.165) is 12.1 Å². The van der Waals surface area contributed by atoms with Crippen LogP contribution >= 0.6 is 0 Å². The third kappa shape index (κ3) is 4.98. The molecular formula is C20H26F4N6O. The van der Waals surface area contributed by atoms with Crippen molar-refractivity contribution in [2.45, 2.75) is 45.5 Å². The predicted molar refractivity (Wildman–Crippen MR) is 109 cm³/mol. The highest BCUT2D eigenvalue weighted by molar-refractivity contribution is 5.95. The summed E-state index contributed by atoms with van der Waals surface area (Å²) in [4.78, 5) is 14.1. The topological polar surface area (TPSA) is 111 Å². The molecule has 3 rings (SSSR count). The van der Waals surface area contributed by atoms with Gasteiger partial charge in [-0.15, -0.1) is 0 Å². The van der Waals surface area contributed by atoms with E-state index < -0.39 is 35.1 Å². The molecule has 0 aliphatic carbocycles. The van der Waals surface area contributed by atoms with Crippen molar-refractivity contribution in [3.63, 3.8) is 0 Å². The van der Waals surface area contributed by atoms with Crippen molar-refractivity contribution in [1.82, 2.24) is 20.8 Å². The number of rotatable bonds is 4. The summed E-state index contributed by atoms with van der Waals surface area (Å²) in [6.45, 7) is 5.67. The van der Waals surface area contributed by atoms with Gasteiger partial charge in [-0.25, -0.2) is 4.39 Å². The Labute approximate surface area is 177 Å². The number of alkyl halides is 3. The van der Waals surface area contributed by atoms with Crippen LogP contribution in [0.2, 0.25) is 0 Å². The number of aromatic nitrogens is 2. The highest BCUT2D eigenvalue weighted by atomic mass is 19.4. The smallest absolute Gasteiger partial charge is 0.399 e. The molecule has 2 aromatic rings. The third-order valence-electron chi connectivity index (χ3n) is 4.97. The van der Waals surface area contributed by atoms with Gasteiger partial charge in [-0.1, -0.05) is 6.07 Å². The van der Waals surface area contributed by atoms with Crippen LogP contribution in [0.15, 0.2) is 41.9 Å². The van der Waals surface area contributed by atoms with Crippen LogP contribution in [0.4, 0.5) is 23.4 Å². The molecule has 0 unspecified atom stereocenters. The van der Waals surface area contributed by atoms with Crippen LogP contribution in [0.5, 0.6) is 0 Å². The van der Waals surface area contributed by atoms with Crippen LogP contribution in [-0.2, 0) is 6.18 Å². The molecule has 0 spiro atoms. The number of nitrogens with one attached hydrogen (secondary N) is 1. The number of carbonyl (C=O) groups excluding carboxylic acids is 1. The molecule has 0 radical (unpaired) electrons. The van der Waals surface area contributed by atoms with Crippen LogP contribution < -0.4 is 17.2 Å². The molecule has 2 heterocycles. The molecular weight excluding hydrogens is 416 g/mol. The van der Waals surface area contributed by atoms with Crippen molar-refractivity contribution in [3.05, 3.63) is 58.8 Å². The van der Waals surface area contributed by atoms with Gasteiger partial charge < -0.3 is 22.1 Å². The highest BCUT2D eigenvalue weighted by Crippen LogP contribution is 2.33. The molecule has 0 saturated heterocycles. The summed E-state index contributed by atoms with van der Waals surface area (Å²) in [7, 11) is 0. The Hall–Kier alpha value is -3.08. The lowest BCUT2D eigenvalue weighted by molar-refractivity contribution is -0.140. The first kappa shape index (κ1) is 24.2. The Kier molecular flexibility index (Phi) is 6.99. The summed E-state index contributed by atoms with van der Waals surface area (Å²) < 4.78 is 55.1. The van der Waals surface area contributed by atoms with Crippen LogP contribution in [0, 0.1) is 5.82 Å². The molecule has 1 aliphatic heterocycles. The van der Waals surface area contributed by atoms with E-state index in [0.29, 0.717) is 29.7 Å². The Morgan fingerprint density at radius 2 is 1.97 bits per heavy atom. The van der Waals surface area contributed by atoms with E-state index in [1.807, 2.05) is 20.0 Å². The fourth-order valence-electron chi connectivity index (χ4n) is 3.29. The molecule has 0 fully saturated rings. The van der Waals surface area contributed by atoms with E-state index in [1.165, 1.54) is 4.90 Å². The van der Waals surface area contributed by atoms with Gasteiger partial charge in [0.2, 0.25) is 0 Å². The summed E-state index contributed by atoms with van der Waals surface area (Å²) in [5.74, 6) is -1.82. The first-order chi connectivity index (χ1) is 14.0. The average molecular weight is 442 g/mol. The zero-order valence-corrected chi connectivity index (χ0v) is 17.5. The molecule has 1 aromatic carbocycles. The minimum absolute atomic E-state index is 0. The van der Waals surface area contributed by atoms with Crippen molar-refractivity contribution in [1.29, 1.82) is 0 Å². The summed E-state index contributed by atoms with van der Waals surface area (Å²) in [5, 5.41) is 7.53. The fraction of sp³-hybridized carbons (Fsp3) is 0.400. The summed E-state index contributed by atoms with van der Waals surface area (Å²) >= 11 is 0. The van der Waals surface area contributed by atoms with E-state index in [9.17, 15) is 22.4 Å². The molecule has 1 atom stereocenters. The number of hydrogen-bond donors (Lipinski definition) is 3. The molecule has 31 heavy (non-hydrogen) atoms. The number of nitrogens with two attached hydrogens (primary N) is 1. The minimum atomic E-state index is -4.89. The number of anilines is 1. The second kappa shape index (κ2) is 8.96. The van der Waals surface area contributed by atoms with Crippen LogP contribution in [0.3, 0.4) is 0 Å².